The number of amides is 1. The lowest BCUT2D eigenvalue weighted by Crippen LogP contribution is -2.63. The lowest BCUT2D eigenvalue weighted by molar-refractivity contribution is -0.166. The minimum atomic E-state index is -1.92. The van der Waals surface area contributed by atoms with E-state index in [0.29, 0.717) is 30.8 Å². The van der Waals surface area contributed by atoms with Crippen molar-refractivity contribution in [1.29, 1.82) is 5.26 Å². The highest BCUT2D eigenvalue weighted by molar-refractivity contribution is 8.00. The summed E-state index contributed by atoms with van der Waals surface area (Å²) in [4.78, 5) is 46.4. The van der Waals surface area contributed by atoms with Gasteiger partial charge >= 0.3 is 12.1 Å². The Morgan fingerprint density at radius 3 is 2.47 bits per heavy atom. The minimum Gasteiger partial charge on any atom is -0.422 e. The van der Waals surface area contributed by atoms with Crippen molar-refractivity contribution in [1.82, 2.24) is 24.6 Å². The number of hydrogen-bond donors (Lipinski definition) is 0. The van der Waals surface area contributed by atoms with Crippen LogP contribution in [-0.2, 0) is 45.4 Å². The number of nitrogens with zero attached hydrogens (tertiary/aromatic N) is 6. The Morgan fingerprint density at radius 2 is 1.81 bits per heavy atom. The summed E-state index contributed by atoms with van der Waals surface area (Å²) in [5.41, 5.74) is -1.60. The molecule has 3 aliphatic heterocycles. The maximum Gasteiger partial charge on any atom is 0.512 e. The fourth-order valence-electron chi connectivity index (χ4n) is 6.48. The zero-order valence-electron chi connectivity index (χ0n) is 31.6. The van der Waals surface area contributed by atoms with E-state index < -0.39 is 53.0 Å². The molecule has 2 aromatic carbocycles. The van der Waals surface area contributed by atoms with Crippen LogP contribution in [0.5, 0.6) is 0 Å². The van der Waals surface area contributed by atoms with Crippen LogP contribution in [-0.4, -0.2) is 111 Å². The summed E-state index contributed by atoms with van der Waals surface area (Å²) >= 11 is 1.24. The first-order valence-corrected chi connectivity index (χ1v) is 19.4. The Morgan fingerprint density at radius 1 is 1.03 bits per heavy atom. The van der Waals surface area contributed by atoms with Gasteiger partial charge in [0.15, 0.2) is 11.9 Å². The fraction of sp³-hybridized carbons (Fsp3) is 0.400. The maximum atomic E-state index is 15.7. The van der Waals surface area contributed by atoms with Gasteiger partial charge in [0.2, 0.25) is 12.2 Å². The van der Waals surface area contributed by atoms with Gasteiger partial charge in [-0.3, -0.25) is 9.69 Å². The van der Waals surface area contributed by atoms with Crippen LogP contribution in [0.4, 0.5) is 18.0 Å². The van der Waals surface area contributed by atoms with E-state index in [-0.39, 0.29) is 42.0 Å². The van der Waals surface area contributed by atoms with Crippen molar-refractivity contribution in [3.63, 3.8) is 0 Å². The highest BCUT2D eigenvalue weighted by Crippen LogP contribution is 2.42. The van der Waals surface area contributed by atoms with Crippen LogP contribution in [0.1, 0.15) is 37.0 Å². The number of benzene rings is 2. The van der Waals surface area contributed by atoms with Crippen LogP contribution in [0, 0.1) is 28.8 Å². The molecule has 18 heteroatoms. The van der Waals surface area contributed by atoms with E-state index in [9.17, 15) is 23.2 Å². The quantitative estimate of drug-likeness (QED) is 0.0863. The van der Waals surface area contributed by atoms with Gasteiger partial charge in [0, 0.05) is 60.7 Å². The lowest BCUT2D eigenvalue weighted by atomic mass is 9.89. The Hall–Kier alpha value is -5.48. The van der Waals surface area contributed by atoms with Gasteiger partial charge in [0.05, 0.1) is 36.6 Å². The Kier molecular flexibility index (Phi) is 14.0. The molecule has 3 atom stereocenters. The molecule has 3 saturated heterocycles. The molecule has 306 valence electrons. The van der Waals surface area contributed by atoms with Crippen LogP contribution in [0.2, 0.25) is 0 Å². The molecule has 0 spiro atoms. The molecular weight excluding hydrogens is 782 g/mol. The molecule has 0 N–H and O–H groups in total. The van der Waals surface area contributed by atoms with Crippen molar-refractivity contribution in [2.24, 2.45) is 0 Å². The number of esters is 1. The second kappa shape index (κ2) is 19.3. The monoisotopic (exact) mass is 822 g/mol. The summed E-state index contributed by atoms with van der Waals surface area (Å²) in [5, 5.41) is 11.9. The first kappa shape index (κ1) is 42.1. The smallest absolute Gasteiger partial charge is 0.422 e. The third-order valence-corrected chi connectivity index (χ3v) is 11.2. The van der Waals surface area contributed by atoms with E-state index in [1.807, 2.05) is 6.07 Å². The van der Waals surface area contributed by atoms with E-state index in [0.717, 1.165) is 49.9 Å². The number of aromatic nitrogens is 3. The van der Waals surface area contributed by atoms with Gasteiger partial charge in [0.1, 0.15) is 30.1 Å². The number of carbonyl (C=O) groups excluding carboxylic acids is 3. The molecule has 0 aliphatic carbocycles. The SMILES string of the molecule is CC(OC(=O)C=CC(=O)N1CC(N2CCC2)C1)OC(=O)OC(Cn1cncn1)(c1ccc(F)cc1F)C(C)SC1COC(C=CC=Cc2ccc(C#N)cc2F)OC1. The van der Waals surface area contributed by atoms with Gasteiger partial charge in [0.25, 0.3) is 0 Å². The molecule has 14 nitrogen and oxygen atoms in total. The Balaban J connectivity index is 1.09. The first-order chi connectivity index (χ1) is 27.9. The Bertz CT molecular complexity index is 2060. The fourth-order valence-corrected chi connectivity index (χ4v) is 7.84. The van der Waals surface area contributed by atoms with Crippen molar-refractivity contribution >= 4 is 35.9 Å². The van der Waals surface area contributed by atoms with Gasteiger partial charge in [-0.1, -0.05) is 24.3 Å². The largest absolute Gasteiger partial charge is 0.512 e. The molecule has 1 aromatic heterocycles. The predicted molar refractivity (Wildman–Crippen MR) is 203 cm³/mol. The number of ether oxygens (including phenoxy) is 5. The van der Waals surface area contributed by atoms with Gasteiger partial charge in [-0.2, -0.15) is 10.4 Å². The van der Waals surface area contributed by atoms with Crippen LogP contribution in [0.3, 0.4) is 0 Å². The normalized spacial score (nSPS) is 20.9. The Labute approximate surface area is 336 Å². The molecular formula is C40H41F3N6O8S. The molecule has 1 amide bonds. The predicted octanol–water partition coefficient (Wildman–Crippen LogP) is 5.11. The molecule has 0 radical (unpaired) electrons. The van der Waals surface area contributed by atoms with Crippen molar-refractivity contribution in [2.75, 3.05) is 39.4 Å². The van der Waals surface area contributed by atoms with E-state index in [1.54, 1.807) is 30.1 Å². The zero-order chi connectivity index (χ0) is 41.2. The van der Waals surface area contributed by atoms with E-state index in [1.165, 1.54) is 54.2 Å². The molecule has 3 unspecified atom stereocenters. The highest BCUT2D eigenvalue weighted by Gasteiger charge is 2.47. The number of thioether (sulfide) groups is 1. The van der Waals surface area contributed by atoms with Gasteiger partial charge < -0.3 is 28.6 Å². The van der Waals surface area contributed by atoms with Crippen molar-refractivity contribution in [3.05, 3.63) is 114 Å². The molecule has 4 heterocycles. The number of rotatable bonds is 15. The first-order valence-electron chi connectivity index (χ1n) is 18.4. The number of halogens is 3. The standard InChI is InChI=1S/C40H41F3N6O8S/c1-26(58-32-21-53-38(54-22-32)7-4-3-6-29-9-8-28(18-44)16-34(29)42)40(23-49-25-45-24-46-49,33-11-10-30(41)17-35(33)43)57-39(52)56-27(2)55-37(51)13-12-36(50)48-19-31(20-48)47-14-5-15-47/h3-4,6-13,16-17,24-27,31-32,38H,5,14-15,19-23H2,1-2H3. The summed E-state index contributed by atoms with van der Waals surface area (Å²) in [6.45, 7) is 6.16. The van der Waals surface area contributed by atoms with Crippen LogP contribution < -0.4 is 0 Å². The average Bonchev–Trinajstić information content (AvgIpc) is 3.66. The molecule has 0 saturated carbocycles. The van der Waals surface area contributed by atoms with Gasteiger partial charge in [-0.05, 0) is 56.8 Å². The number of hydrogen-bond acceptors (Lipinski definition) is 13. The number of allylic oxidation sites excluding steroid dienone is 2. The van der Waals surface area contributed by atoms with Gasteiger partial charge in [-0.15, -0.1) is 11.8 Å². The number of nitriles is 1. The highest BCUT2D eigenvalue weighted by atomic mass is 32.2. The average molecular weight is 823 g/mol. The van der Waals surface area contributed by atoms with E-state index >= 15 is 4.39 Å². The molecule has 58 heavy (non-hydrogen) atoms. The second-order valence-corrected chi connectivity index (χ2v) is 15.4. The van der Waals surface area contributed by atoms with E-state index in [2.05, 4.69) is 15.0 Å². The number of carbonyl (C=O) groups is 3. The summed E-state index contributed by atoms with van der Waals surface area (Å²) in [6.07, 6.45) is 8.57. The minimum absolute atomic E-state index is 0.160. The molecule has 3 fully saturated rings. The van der Waals surface area contributed by atoms with Crippen LogP contribution in [0.15, 0.2) is 79.4 Å². The summed E-state index contributed by atoms with van der Waals surface area (Å²) in [6, 6.07) is 9.21. The topological polar surface area (TPSA) is 158 Å². The van der Waals surface area contributed by atoms with Crippen LogP contribution >= 0.6 is 11.8 Å². The maximum absolute atomic E-state index is 15.7. The summed E-state index contributed by atoms with van der Waals surface area (Å²) in [5.74, 6) is -3.70. The van der Waals surface area contributed by atoms with Crippen molar-refractivity contribution < 1.29 is 51.2 Å². The third kappa shape index (κ3) is 10.7. The number of likely N-dealkylation sites (tertiary alicyclic amines) is 2. The summed E-state index contributed by atoms with van der Waals surface area (Å²) < 4.78 is 73.6. The van der Waals surface area contributed by atoms with E-state index in [4.69, 9.17) is 28.9 Å². The van der Waals surface area contributed by atoms with Crippen molar-refractivity contribution in [2.45, 2.75) is 61.5 Å². The molecule has 0 bridgehead atoms. The summed E-state index contributed by atoms with van der Waals surface area (Å²) in [7, 11) is 0. The molecule has 3 aromatic rings. The van der Waals surface area contributed by atoms with Crippen molar-refractivity contribution in [3.8, 4) is 6.07 Å². The molecule has 3 aliphatic rings. The van der Waals surface area contributed by atoms with Gasteiger partial charge in [-0.25, -0.2) is 32.4 Å². The molecule has 6 rings (SSSR count). The second-order valence-electron chi connectivity index (χ2n) is 13.7. The lowest BCUT2D eigenvalue weighted by Gasteiger charge is -2.48. The van der Waals surface area contributed by atoms with Crippen LogP contribution in [0.25, 0.3) is 6.08 Å². The zero-order valence-corrected chi connectivity index (χ0v) is 32.4. The third-order valence-electron chi connectivity index (χ3n) is 9.73.